The number of halogens is 12. The average Bonchev–Trinajstić information content (AvgIpc) is 2.79. The van der Waals surface area contributed by atoms with Gasteiger partial charge in [-0.2, -0.15) is 39.5 Å². The summed E-state index contributed by atoms with van der Waals surface area (Å²) in [6, 6.07) is 4.20. The largest absolute Gasteiger partial charge is 0.417 e. The Kier molecular flexibility index (Phi) is 10.1. The number of likely N-dealkylation sites (N-methyl/N-ethyl adjacent to an activating group) is 1. The van der Waals surface area contributed by atoms with Crippen LogP contribution in [0.25, 0.3) is 5.83 Å². The van der Waals surface area contributed by atoms with E-state index < -0.39 is 77.4 Å². The monoisotopic (exact) mass is 656 g/mol. The standard InChI is InChI=1S/C23H16BrClF10N2O2/c1-37(10-21(27,28)29)19(38)9-36-20(39)13-4-2-12(6-15(13)23(33,34)35)18(26)8-14(22(30,31)32)11-3-5-17(25)16(24)7-11/h2-8,14H,9-10H2,1H3,(H,36,39)/b18-8-. The summed E-state index contributed by atoms with van der Waals surface area (Å²) in [4.78, 5) is 24.2. The predicted octanol–water partition coefficient (Wildman–Crippen LogP) is 7.53. The lowest BCUT2D eigenvalue weighted by Gasteiger charge is -2.20. The summed E-state index contributed by atoms with van der Waals surface area (Å²) >= 11 is 8.70. The average molecular weight is 658 g/mol. The summed E-state index contributed by atoms with van der Waals surface area (Å²) in [5.41, 5.74) is -4.31. The first-order valence-electron chi connectivity index (χ1n) is 10.4. The molecule has 1 atom stereocenters. The van der Waals surface area contributed by atoms with Crippen LogP contribution in [0.5, 0.6) is 0 Å². The Morgan fingerprint density at radius 1 is 1.03 bits per heavy atom. The zero-order chi connectivity index (χ0) is 29.9. The Morgan fingerprint density at radius 3 is 2.15 bits per heavy atom. The maximum Gasteiger partial charge on any atom is 0.417 e. The zero-order valence-electron chi connectivity index (χ0n) is 19.3. The molecule has 0 saturated heterocycles. The third-order valence-corrected chi connectivity index (χ3v) is 6.27. The number of nitrogens with zero attached hydrogens (tertiary/aromatic N) is 1. The van der Waals surface area contributed by atoms with E-state index in [4.69, 9.17) is 11.6 Å². The molecule has 0 spiro atoms. The van der Waals surface area contributed by atoms with Crippen LogP contribution in [0.3, 0.4) is 0 Å². The van der Waals surface area contributed by atoms with Crippen molar-refractivity contribution in [1.29, 1.82) is 0 Å². The molecule has 39 heavy (non-hydrogen) atoms. The molecule has 1 unspecified atom stereocenters. The topological polar surface area (TPSA) is 49.4 Å². The fraction of sp³-hybridized carbons (Fsp3) is 0.304. The van der Waals surface area contributed by atoms with Gasteiger partial charge in [0, 0.05) is 17.1 Å². The predicted molar refractivity (Wildman–Crippen MR) is 125 cm³/mol. The molecule has 2 aromatic rings. The first-order valence-corrected chi connectivity index (χ1v) is 11.6. The fourth-order valence-corrected chi connectivity index (χ4v) is 3.71. The van der Waals surface area contributed by atoms with Gasteiger partial charge in [-0.25, -0.2) is 4.39 Å². The molecule has 16 heteroatoms. The highest BCUT2D eigenvalue weighted by Gasteiger charge is 2.41. The molecular weight excluding hydrogens is 642 g/mol. The number of hydrogen-bond donors (Lipinski definition) is 1. The number of allylic oxidation sites excluding steroid dienone is 1. The summed E-state index contributed by atoms with van der Waals surface area (Å²) < 4.78 is 134. The summed E-state index contributed by atoms with van der Waals surface area (Å²) in [6.07, 6.45) is -15.1. The minimum atomic E-state index is -5.30. The number of rotatable bonds is 7. The molecule has 0 aromatic heterocycles. The van der Waals surface area contributed by atoms with Crippen molar-refractivity contribution in [2.45, 2.75) is 24.4 Å². The van der Waals surface area contributed by atoms with E-state index >= 15 is 0 Å². The third-order valence-electron chi connectivity index (χ3n) is 5.06. The number of alkyl halides is 9. The zero-order valence-corrected chi connectivity index (χ0v) is 21.7. The van der Waals surface area contributed by atoms with Crippen LogP contribution >= 0.6 is 27.5 Å². The Hall–Kier alpha value is -2.81. The van der Waals surface area contributed by atoms with Gasteiger partial charge in [-0.15, -0.1) is 0 Å². The molecule has 0 fully saturated rings. The number of carbonyl (C=O) groups is 2. The molecule has 2 amide bonds. The smallest absolute Gasteiger partial charge is 0.343 e. The molecule has 0 aliphatic heterocycles. The van der Waals surface area contributed by atoms with Crippen LogP contribution in [0.15, 0.2) is 46.9 Å². The van der Waals surface area contributed by atoms with Crippen LogP contribution < -0.4 is 5.32 Å². The quantitative estimate of drug-likeness (QED) is 0.313. The van der Waals surface area contributed by atoms with Gasteiger partial charge in [0.1, 0.15) is 18.3 Å². The van der Waals surface area contributed by atoms with Crippen molar-refractivity contribution in [1.82, 2.24) is 10.2 Å². The van der Waals surface area contributed by atoms with Crippen molar-refractivity contribution in [2.24, 2.45) is 0 Å². The highest BCUT2D eigenvalue weighted by atomic mass is 79.9. The lowest BCUT2D eigenvalue weighted by Crippen LogP contribution is -2.42. The molecule has 0 aliphatic carbocycles. The van der Waals surface area contributed by atoms with E-state index in [0.29, 0.717) is 12.1 Å². The van der Waals surface area contributed by atoms with E-state index in [-0.39, 0.29) is 26.5 Å². The molecule has 2 rings (SSSR count). The normalized spacial score (nSPS) is 13.7. The van der Waals surface area contributed by atoms with Gasteiger partial charge in [0.25, 0.3) is 5.91 Å². The van der Waals surface area contributed by atoms with Crippen molar-refractivity contribution < 1.29 is 53.5 Å². The second-order valence-corrected chi connectivity index (χ2v) is 9.27. The Balaban J connectivity index is 2.39. The minimum absolute atomic E-state index is 0.0556. The van der Waals surface area contributed by atoms with Crippen LogP contribution in [-0.4, -0.2) is 49.2 Å². The molecule has 0 heterocycles. The van der Waals surface area contributed by atoms with E-state index in [2.05, 4.69) is 15.9 Å². The van der Waals surface area contributed by atoms with Crippen LogP contribution in [0.2, 0.25) is 5.02 Å². The third kappa shape index (κ3) is 9.12. The van der Waals surface area contributed by atoms with Crippen molar-refractivity contribution in [2.75, 3.05) is 20.1 Å². The lowest BCUT2D eigenvalue weighted by atomic mass is 9.95. The highest BCUT2D eigenvalue weighted by molar-refractivity contribution is 9.10. The van der Waals surface area contributed by atoms with E-state index in [1.807, 2.05) is 0 Å². The van der Waals surface area contributed by atoms with Gasteiger partial charge in [-0.3, -0.25) is 9.59 Å². The first kappa shape index (κ1) is 32.4. The van der Waals surface area contributed by atoms with Gasteiger partial charge < -0.3 is 10.2 Å². The molecular formula is C23H16BrClF10N2O2. The van der Waals surface area contributed by atoms with Crippen molar-refractivity contribution in [3.8, 4) is 0 Å². The Bertz CT molecular complexity index is 1260. The van der Waals surface area contributed by atoms with Gasteiger partial charge in [0.05, 0.1) is 22.7 Å². The number of amides is 2. The number of benzene rings is 2. The summed E-state index contributed by atoms with van der Waals surface area (Å²) in [6.45, 7) is -2.77. The molecule has 214 valence electrons. The molecule has 4 nitrogen and oxygen atoms in total. The Morgan fingerprint density at radius 2 is 1.64 bits per heavy atom. The fourth-order valence-electron chi connectivity index (χ4n) is 3.20. The first-order chi connectivity index (χ1) is 17.7. The van der Waals surface area contributed by atoms with Gasteiger partial charge >= 0.3 is 18.5 Å². The maximum absolute atomic E-state index is 14.9. The van der Waals surface area contributed by atoms with E-state index in [9.17, 15) is 53.5 Å². The maximum atomic E-state index is 14.9. The summed E-state index contributed by atoms with van der Waals surface area (Å²) in [5.74, 6) is -7.08. The summed E-state index contributed by atoms with van der Waals surface area (Å²) in [5, 5.41) is 1.80. The van der Waals surface area contributed by atoms with Crippen molar-refractivity contribution >= 4 is 45.2 Å². The summed E-state index contributed by atoms with van der Waals surface area (Å²) in [7, 11) is 0.754. The van der Waals surface area contributed by atoms with Gasteiger partial charge in [-0.1, -0.05) is 23.7 Å². The van der Waals surface area contributed by atoms with Gasteiger partial charge in [-0.05, 0) is 51.8 Å². The number of carbonyl (C=O) groups excluding carboxylic acids is 2. The lowest BCUT2D eigenvalue weighted by molar-refractivity contribution is -0.157. The van der Waals surface area contributed by atoms with Crippen molar-refractivity contribution in [3.05, 3.63) is 74.2 Å². The Labute approximate surface area is 227 Å². The van der Waals surface area contributed by atoms with Gasteiger partial charge in [0.2, 0.25) is 5.91 Å². The molecule has 0 radical (unpaired) electrons. The second-order valence-electron chi connectivity index (χ2n) is 8.01. The van der Waals surface area contributed by atoms with Gasteiger partial charge in [0.15, 0.2) is 0 Å². The number of hydrogen-bond acceptors (Lipinski definition) is 2. The second kappa shape index (κ2) is 12.1. The molecule has 0 aliphatic rings. The number of nitrogens with one attached hydrogen (secondary N) is 1. The van der Waals surface area contributed by atoms with Crippen LogP contribution in [0, 0.1) is 0 Å². The molecule has 0 bridgehead atoms. The van der Waals surface area contributed by atoms with Crippen molar-refractivity contribution in [3.63, 3.8) is 0 Å². The van der Waals surface area contributed by atoms with E-state index in [1.54, 1.807) is 5.32 Å². The minimum Gasteiger partial charge on any atom is -0.343 e. The van der Waals surface area contributed by atoms with E-state index in [1.165, 1.54) is 0 Å². The van der Waals surface area contributed by atoms with Crippen LogP contribution in [0.4, 0.5) is 43.9 Å². The van der Waals surface area contributed by atoms with E-state index in [0.717, 1.165) is 25.2 Å². The highest BCUT2D eigenvalue weighted by Crippen LogP contribution is 2.41. The SMILES string of the molecule is CN(CC(F)(F)F)C(=O)CNC(=O)c1ccc(/C(F)=C/C(c2ccc(Cl)c(Br)c2)C(F)(F)F)cc1C(F)(F)F. The molecule has 0 saturated carbocycles. The molecule has 2 aromatic carbocycles. The van der Waals surface area contributed by atoms with Crippen LogP contribution in [0.1, 0.15) is 33.0 Å². The molecule has 1 N–H and O–H groups in total. The van der Waals surface area contributed by atoms with Crippen LogP contribution in [-0.2, 0) is 11.0 Å².